The van der Waals surface area contributed by atoms with E-state index in [1.165, 1.54) is 12.0 Å². The van der Waals surface area contributed by atoms with Gasteiger partial charge in [0.25, 0.3) is 5.91 Å². The molecule has 1 aliphatic rings. The molecule has 2 heterocycles. The maximum Gasteiger partial charge on any atom is 0.328 e. The lowest BCUT2D eigenvalue weighted by molar-refractivity contribution is -0.145. The van der Waals surface area contributed by atoms with Crippen LogP contribution in [0.4, 0.5) is 0 Å². The Morgan fingerprint density at radius 3 is 2.70 bits per heavy atom. The van der Waals surface area contributed by atoms with Gasteiger partial charge in [-0.05, 0) is 19.1 Å². The Morgan fingerprint density at radius 2 is 2.10 bits per heavy atom. The summed E-state index contributed by atoms with van der Waals surface area (Å²) < 4.78 is 10.0. The zero-order valence-corrected chi connectivity index (χ0v) is 11.8. The molecule has 0 N–H and O–H groups in total. The third-order valence-electron chi connectivity index (χ3n) is 3.44. The van der Waals surface area contributed by atoms with Gasteiger partial charge in [0.2, 0.25) is 0 Å². The number of pyridine rings is 1. The number of amides is 1. The monoisotopic (exact) mass is 278 g/mol. The lowest BCUT2D eigenvalue weighted by atomic mass is 10.2. The third-order valence-corrected chi connectivity index (χ3v) is 3.44. The summed E-state index contributed by atoms with van der Waals surface area (Å²) in [5, 5.41) is 0. The molecule has 0 aromatic carbocycles. The minimum atomic E-state index is -0.611. The van der Waals surface area contributed by atoms with Gasteiger partial charge in [-0.2, -0.15) is 0 Å². The maximum atomic E-state index is 12.5. The van der Waals surface area contributed by atoms with Gasteiger partial charge in [0.1, 0.15) is 11.7 Å². The van der Waals surface area contributed by atoms with Gasteiger partial charge >= 0.3 is 5.97 Å². The normalized spacial score (nSPS) is 21.9. The Hall–Kier alpha value is -1.95. The van der Waals surface area contributed by atoms with E-state index in [0.717, 1.165) is 5.69 Å². The predicted molar refractivity (Wildman–Crippen MR) is 71.2 cm³/mol. The van der Waals surface area contributed by atoms with Crippen LogP contribution in [0.2, 0.25) is 0 Å². The summed E-state index contributed by atoms with van der Waals surface area (Å²) >= 11 is 0. The van der Waals surface area contributed by atoms with E-state index in [2.05, 4.69) is 4.98 Å². The van der Waals surface area contributed by atoms with Gasteiger partial charge in [-0.1, -0.05) is 6.07 Å². The number of rotatable bonds is 3. The molecule has 0 bridgehead atoms. The summed E-state index contributed by atoms with van der Waals surface area (Å²) in [6.07, 6.45) is 0.286. The summed E-state index contributed by atoms with van der Waals surface area (Å²) in [5.74, 6) is -0.700. The number of methoxy groups -OCH3 is 2. The minimum Gasteiger partial charge on any atom is -0.467 e. The fourth-order valence-electron chi connectivity index (χ4n) is 2.36. The van der Waals surface area contributed by atoms with Gasteiger partial charge in [-0.3, -0.25) is 4.79 Å². The maximum absolute atomic E-state index is 12.5. The standard InChI is InChI=1S/C14H18N2O4/c1-9-5-4-6-11(15-9)13(17)16-8-10(19-2)7-12(16)14(18)20-3/h4-6,10,12H,7-8H2,1-3H3/t10-,12-/m0/s1. The van der Waals surface area contributed by atoms with Crippen molar-refractivity contribution in [2.75, 3.05) is 20.8 Å². The summed E-state index contributed by atoms with van der Waals surface area (Å²) in [5.41, 5.74) is 1.09. The number of carbonyl (C=O) groups excluding carboxylic acids is 2. The number of ether oxygens (including phenoxy) is 2. The van der Waals surface area contributed by atoms with Gasteiger partial charge in [0.15, 0.2) is 0 Å². The highest BCUT2D eigenvalue weighted by atomic mass is 16.5. The second-order valence-electron chi connectivity index (χ2n) is 4.75. The second-order valence-corrected chi connectivity index (χ2v) is 4.75. The topological polar surface area (TPSA) is 68.7 Å². The van der Waals surface area contributed by atoms with Crippen molar-refractivity contribution in [3.05, 3.63) is 29.6 Å². The Labute approximate surface area is 117 Å². The first-order valence-electron chi connectivity index (χ1n) is 6.42. The smallest absolute Gasteiger partial charge is 0.328 e. The quantitative estimate of drug-likeness (QED) is 0.765. The molecule has 0 unspecified atom stereocenters. The minimum absolute atomic E-state index is 0.159. The molecule has 108 valence electrons. The van der Waals surface area contributed by atoms with Crippen LogP contribution in [0.1, 0.15) is 22.6 Å². The van der Waals surface area contributed by atoms with E-state index < -0.39 is 12.0 Å². The van der Waals surface area contributed by atoms with Crippen molar-refractivity contribution in [1.82, 2.24) is 9.88 Å². The molecule has 1 aromatic rings. The van der Waals surface area contributed by atoms with Crippen molar-refractivity contribution in [2.45, 2.75) is 25.5 Å². The number of hydrogen-bond donors (Lipinski definition) is 0. The van der Waals surface area contributed by atoms with Crippen molar-refractivity contribution in [3.8, 4) is 0 Å². The number of likely N-dealkylation sites (tertiary alicyclic amines) is 1. The molecule has 2 atom stereocenters. The van der Waals surface area contributed by atoms with Crippen LogP contribution in [0.5, 0.6) is 0 Å². The Kier molecular flexibility index (Phi) is 4.34. The zero-order chi connectivity index (χ0) is 14.7. The van der Waals surface area contributed by atoms with Gasteiger partial charge in [0.05, 0.1) is 13.2 Å². The molecule has 6 heteroatoms. The molecule has 0 saturated carbocycles. The first-order chi connectivity index (χ1) is 9.56. The Morgan fingerprint density at radius 1 is 1.35 bits per heavy atom. The van der Waals surface area contributed by atoms with Crippen LogP contribution >= 0.6 is 0 Å². The number of hydrogen-bond acceptors (Lipinski definition) is 5. The summed E-state index contributed by atoms with van der Waals surface area (Å²) in [7, 11) is 2.88. The Bertz CT molecular complexity index is 518. The van der Waals surface area contributed by atoms with Crippen LogP contribution < -0.4 is 0 Å². The first kappa shape index (κ1) is 14.5. The molecular weight excluding hydrogens is 260 g/mol. The summed E-state index contributed by atoms with van der Waals surface area (Å²) in [6.45, 7) is 2.18. The van der Waals surface area contributed by atoms with Crippen molar-refractivity contribution >= 4 is 11.9 Å². The van der Waals surface area contributed by atoms with E-state index >= 15 is 0 Å². The Balaban J connectivity index is 2.24. The van der Waals surface area contributed by atoms with E-state index in [4.69, 9.17) is 9.47 Å². The van der Waals surface area contributed by atoms with Gasteiger partial charge in [-0.25, -0.2) is 9.78 Å². The first-order valence-corrected chi connectivity index (χ1v) is 6.42. The lowest BCUT2D eigenvalue weighted by Gasteiger charge is -2.22. The summed E-state index contributed by atoms with van der Waals surface area (Å²) in [6, 6.07) is 4.62. The molecule has 1 aliphatic heterocycles. The molecule has 0 radical (unpaired) electrons. The van der Waals surface area contributed by atoms with Gasteiger partial charge in [-0.15, -0.1) is 0 Å². The molecule has 0 spiro atoms. The van der Waals surface area contributed by atoms with E-state index in [9.17, 15) is 9.59 Å². The highest BCUT2D eigenvalue weighted by Crippen LogP contribution is 2.23. The van der Waals surface area contributed by atoms with Gasteiger partial charge < -0.3 is 14.4 Å². The fourth-order valence-corrected chi connectivity index (χ4v) is 2.36. The number of esters is 1. The molecule has 20 heavy (non-hydrogen) atoms. The van der Waals surface area contributed by atoms with Crippen molar-refractivity contribution in [3.63, 3.8) is 0 Å². The van der Waals surface area contributed by atoms with Crippen LogP contribution in [0, 0.1) is 6.92 Å². The second kappa shape index (κ2) is 6.00. The van der Waals surface area contributed by atoms with Crippen LogP contribution in [-0.2, 0) is 14.3 Å². The third kappa shape index (κ3) is 2.80. The fraction of sp³-hybridized carbons (Fsp3) is 0.500. The highest BCUT2D eigenvalue weighted by molar-refractivity contribution is 5.95. The molecule has 0 aliphatic carbocycles. The van der Waals surface area contributed by atoms with Crippen LogP contribution in [0.3, 0.4) is 0 Å². The molecule has 1 fully saturated rings. The molecular formula is C14H18N2O4. The number of aromatic nitrogens is 1. The zero-order valence-electron chi connectivity index (χ0n) is 11.8. The van der Waals surface area contributed by atoms with E-state index in [1.807, 2.05) is 13.0 Å². The van der Waals surface area contributed by atoms with Crippen molar-refractivity contribution in [2.24, 2.45) is 0 Å². The molecule has 6 nitrogen and oxygen atoms in total. The van der Waals surface area contributed by atoms with E-state index in [-0.39, 0.29) is 12.0 Å². The van der Waals surface area contributed by atoms with Crippen molar-refractivity contribution in [1.29, 1.82) is 0 Å². The summed E-state index contributed by atoms with van der Waals surface area (Å²) in [4.78, 5) is 30.0. The molecule has 1 saturated heterocycles. The van der Waals surface area contributed by atoms with Crippen LogP contribution in [-0.4, -0.2) is 54.7 Å². The van der Waals surface area contributed by atoms with Gasteiger partial charge in [0, 0.05) is 25.8 Å². The number of carbonyl (C=O) groups is 2. The average molecular weight is 278 g/mol. The molecule has 1 aromatic heterocycles. The average Bonchev–Trinajstić information content (AvgIpc) is 2.90. The predicted octanol–water partition coefficient (Wildman–Crippen LogP) is 0.793. The SMILES string of the molecule is COC(=O)[C@@H]1C[C@H](OC)CN1C(=O)c1cccc(C)n1. The van der Waals surface area contributed by atoms with Crippen molar-refractivity contribution < 1.29 is 19.1 Å². The molecule has 2 rings (SSSR count). The molecule has 1 amide bonds. The van der Waals surface area contributed by atoms with Crippen LogP contribution in [0.25, 0.3) is 0 Å². The number of aryl methyl sites for hydroxylation is 1. The lowest BCUT2D eigenvalue weighted by Crippen LogP contribution is -2.41. The number of nitrogens with zero attached hydrogens (tertiary/aromatic N) is 2. The van der Waals surface area contributed by atoms with E-state index in [1.54, 1.807) is 19.2 Å². The highest BCUT2D eigenvalue weighted by Gasteiger charge is 2.41. The van der Waals surface area contributed by atoms with Crippen LogP contribution in [0.15, 0.2) is 18.2 Å². The largest absolute Gasteiger partial charge is 0.467 e. The van der Waals surface area contributed by atoms with E-state index in [0.29, 0.717) is 18.7 Å².